The summed E-state index contributed by atoms with van der Waals surface area (Å²) < 4.78 is 62.9. The lowest BCUT2D eigenvalue weighted by Crippen LogP contribution is -2.37. The molecule has 1 atom stereocenters. The second-order valence-electron chi connectivity index (χ2n) is 8.11. The second kappa shape index (κ2) is 8.16. The van der Waals surface area contributed by atoms with Crippen molar-refractivity contribution >= 4 is 11.0 Å². The first-order valence-corrected chi connectivity index (χ1v) is 10.5. The third-order valence-electron chi connectivity index (χ3n) is 6.09. The van der Waals surface area contributed by atoms with Gasteiger partial charge in [-0.3, -0.25) is 9.36 Å². The minimum atomic E-state index is -2.72. The summed E-state index contributed by atoms with van der Waals surface area (Å²) in [6.45, 7) is -0.550. The first kappa shape index (κ1) is 15.3. The van der Waals surface area contributed by atoms with Gasteiger partial charge in [0, 0.05) is 47.2 Å². The summed E-state index contributed by atoms with van der Waals surface area (Å²) in [5, 5.41) is 15.2. The molecule has 5 rings (SSSR count). The van der Waals surface area contributed by atoms with Crippen LogP contribution in [0.4, 0.5) is 4.39 Å². The minimum Gasteiger partial charge on any atom is -0.385 e. The van der Waals surface area contributed by atoms with Crippen molar-refractivity contribution in [1.82, 2.24) is 19.6 Å². The molecule has 3 aromatic rings. The Morgan fingerprint density at radius 3 is 2.94 bits per heavy atom. The lowest BCUT2D eigenvalue weighted by atomic mass is 9.91. The summed E-state index contributed by atoms with van der Waals surface area (Å²) in [4.78, 5) is 18.9. The maximum atomic E-state index is 13.5. The van der Waals surface area contributed by atoms with E-state index < -0.39 is 35.9 Å². The lowest BCUT2D eigenvalue weighted by Gasteiger charge is -2.31. The van der Waals surface area contributed by atoms with Gasteiger partial charge in [-0.2, -0.15) is 0 Å². The van der Waals surface area contributed by atoms with Crippen LogP contribution < -0.4 is 5.56 Å². The van der Waals surface area contributed by atoms with Crippen molar-refractivity contribution in [2.45, 2.75) is 57.5 Å². The average Bonchev–Trinajstić information content (AvgIpc) is 3.22. The number of aromatic nitrogens is 3. The fourth-order valence-electron chi connectivity index (χ4n) is 4.37. The molecule has 7 nitrogen and oxygen atoms in total. The summed E-state index contributed by atoms with van der Waals surface area (Å²) in [7, 11) is 0. The zero-order valence-electron chi connectivity index (χ0n) is 22.2. The molecule has 1 unspecified atom stereocenters. The van der Waals surface area contributed by atoms with Crippen molar-refractivity contribution in [2.75, 3.05) is 19.6 Å². The van der Waals surface area contributed by atoms with Gasteiger partial charge in [-0.05, 0) is 64.2 Å². The first-order valence-electron chi connectivity index (χ1n) is 13.0. The number of hydrogen-bond acceptors (Lipinski definition) is 6. The number of nitrogens with zero attached hydrogens (tertiary/aromatic N) is 4. The quantitative estimate of drug-likeness (QED) is 0.683. The molecule has 2 aliphatic rings. The van der Waals surface area contributed by atoms with Crippen LogP contribution >= 0.6 is 0 Å². The fraction of sp³-hybridized carbons (Fsp3) is 0.522. The molecule has 8 heteroatoms. The maximum absolute atomic E-state index is 13.5. The molecule has 0 spiro atoms. The van der Waals surface area contributed by atoms with Crippen LogP contribution in [0, 0.1) is 12.7 Å². The van der Waals surface area contributed by atoms with Gasteiger partial charge in [0.1, 0.15) is 17.7 Å². The Hall–Kier alpha value is -2.58. The number of likely N-dealkylation sites (tertiary alicyclic amines) is 1. The Balaban J connectivity index is 1.42. The molecule has 1 aromatic carbocycles. The van der Waals surface area contributed by atoms with E-state index in [1.165, 1.54) is 24.0 Å². The van der Waals surface area contributed by atoms with E-state index in [0.717, 1.165) is 4.57 Å². The molecular weight excluding hydrogens is 399 g/mol. The van der Waals surface area contributed by atoms with E-state index in [4.69, 9.17) is 11.4 Å². The Kier molecular flexibility index (Phi) is 4.02. The molecule has 0 amide bonds. The molecule has 2 aliphatic heterocycles. The number of aliphatic hydroxyl groups is 1. The Bertz CT molecular complexity index is 1380. The predicted molar refractivity (Wildman–Crippen MR) is 114 cm³/mol. The number of fused-ring (bicyclic) bond motifs is 2. The highest BCUT2D eigenvalue weighted by molar-refractivity contribution is 5.79. The van der Waals surface area contributed by atoms with Gasteiger partial charge in [0.2, 0.25) is 0 Å². The number of piperidine rings is 1. The largest absolute Gasteiger partial charge is 0.385 e. The van der Waals surface area contributed by atoms with Crippen molar-refractivity contribution in [3.63, 3.8) is 0 Å². The van der Waals surface area contributed by atoms with E-state index >= 15 is 0 Å². The molecule has 0 bridgehead atoms. The zero-order valence-corrected chi connectivity index (χ0v) is 17.2. The average molecular weight is 432 g/mol. The third kappa shape index (κ3) is 3.78. The molecule has 2 aromatic heterocycles. The molecule has 4 heterocycles. The zero-order chi connectivity index (χ0) is 26.0. The van der Waals surface area contributed by atoms with Crippen molar-refractivity contribution in [3.05, 3.63) is 57.1 Å². The molecule has 31 heavy (non-hydrogen) atoms. The Labute approximate surface area is 186 Å². The Morgan fingerprint density at radius 2 is 2.13 bits per heavy atom. The van der Waals surface area contributed by atoms with Crippen LogP contribution in [-0.2, 0) is 12.9 Å². The van der Waals surface area contributed by atoms with Crippen LogP contribution in [0.15, 0.2) is 27.5 Å². The van der Waals surface area contributed by atoms with Crippen molar-refractivity contribution in [1.29, 1.82) is 0 Å². The lowest BCUT2D eigenvalue weighted by molar-refractivity contribution is 0.129. The van der Waals surface area contributed by atoms with E-state index in [2.05, 4.69) is 10.1 Å². The van der Waals surface area contributed by atoms with E-state index in [9.17, 15) is 14.3 Å². The summed E-state index contributed by atoms with van der Waals surface area (Å²) >= 11 is 0. The first-order chi connectivity index (χ1) is 16.8. The van der Waals surface area contributed by atoms with Crippen LogP contribution in [0.2, 0.25) is 0 Å². The van der Waals surface area contributed by atoms with Crippen LogP contribution in [0.3, 0.4) is 0 Å². The van der Waals surface area contributed by atoms with Crippen molar-refractivity contribution < 1.29 is 20.9 Å². The number of hydrogen-bond donors (Lipinski definition) is 1. The number of halogens is 1. The van der Waals surface area contributed by atoms with Gasteiger partial charge < -0.3 is 14.5 Å². The summed E-state index contributed by atoms with van der Waals surface area (Å²) in [5.41, 5.74) is -0.198. The number of aryl methyl sites for hydroxylation is 1. The van der Waals surface area contributed by atoms with Crippen LogP contribution in [0.1, 0.15) is 67.3 Å². The predicted octanol–water partition coefficient (Wildman–Crippen LogP) is 3.08. The van der Waals surface area contributed by atoms with Crippen LogP contribution in [0.5, 0.6) is 0 Å². The van der Waals surface area contributed by atoms with Gasteiger partial charge in [-0.25, -0.2) is 9.37 Å². The molecule has 1 N–H and O–H groups in total. The van der Waals surface area contributed by atoms with Crippen LogP contribution in [-0.4, -0.2) is 44.3 Å². The van der Waals surface area contributed by atoms with Crippen molar-refractivity contribution in [3.8, 4) is 0 Å². The standard InChI is InChI=1S/C23H27FN4O3/c1-14-17(23(30)28-9-2-3-19(29)22(28)25-14)8-12-27-10-6-15(7-11-27)21-18-5-4-16(24)13-20(18)31-26-21/h4-5,13,15,19,29H,2-3,6-12H2,1H3/i8D2,12D2,19D. The molecule has 0 radical (unpaired) electrons. The minimum absolute atomic E-state index is 0.0381. The van der Waals surface area contributed by atoms with Crippen molar-refractivity contribution in [2.24, 2.45) is 0 Å². The van der Waals surface area contributed by atoms with Gasteiger partial charge in [0.15, 0.2) is 5.58 Å². The monoisotopic (exact) mass is 431 g/mol. The molecule has 0 saturated carbocycles. The highest BCUT2D eigenvalue weighted by Gasteiger charge is 2.26. The van der Waals surface area contributed by atoms with Gasteiger partial charge in [-0.15, -0.1) is 0 Å². The van der Waals surface area contributed by atoms with E-state index in [-0.39, 0.29) is 43.5 Å². The molecular formula is C23H27FN4O3. The van der Waals surface area contributed by atoms with Crippen LogP contribution in [0.25, 0.3) is 11.0 Å². The summed E-state index contributed by atoms with van der Waals surface area (Å²) in [5.74, 6) is -0.634. The molecule has 0 aliphatic carbocycles. The second-order valence-corrected chi connectivity index (χ2v) is 8.11. The highest BCUT2D eigenvalue weighted by atomic mass is 19.1. The maximum Gasteiger partial charge on any atom is 0.257 e. The normalized spacial score (nSPS) is 26.0. The van der Waals surface area contributed by atoms with E-state index in [1.807, 2.05) is 0 Å². The fourth-order valence-corrected chi connectivity index (χ4v) is 4.37. The topological polar surface area (TPSA) is 84.4 Å². The SMILES string of the molecule is [2H]C1(O)CCCn2c1nc(C)c(C([2H])([2H])C([2H])([2H])N1CCC(c3noc4cc(F)ccc34)CC1)c2=O. The highest BCUT2D eigenvalue weighted by Crippen LogP contribution is 2.32. The summed E-state index contributed by atoms with van der Waals surface area (Å²) in [6, 6.07) is 4.21. The van der Waals surface area contributed by atoms with E-state index in [1.54, 1.807) is 6.07 Å². The van der Waals surface area contributed by atoms with Gasteiger partial charge in [-0.1, -0.05) is 5.16 Å². The molecule has 1 fully saturated rings. The molecule has 164 valence electrons. The smallest absolute Gasteiger partial charge is 0.257 e. The summed E-state index contributed by atoms with van der Waals surface area (Å²) in [6.07, 6.45) is -3.36. The van der Waals surface area contributed by atoms with Gasteiger partial charge in [0.05, 0.1) is 7.06 Å². The number of rotatable bonds is 4. The molecule has 1 saturated heterocycles. The van der Waals surface area contributed by atoms with Gasteiger partial charge in [0.25, 0.3) is 5.56 Å². The number of benzene rings is 1. The third-order valence-corrected chi connectivity index (χ3v) is 6.09. The van der Waals surface area contributed by atoms with E-state index in [0.29, 0.717) is 35.9 Å². The Morgan fingerprint density at radius 1 is 1.32 bits per heavy atom. The van der Waals surface area contributed by atoms with Gasteiger partial charge >= 0.3 is 0 Å².